The molecule has 1 N–H and O–H groups in total. The zero-order chi connectivity index (χ0) is 15.4. The minimum atomic E-state index is 0.145. The van der Waals surface area contributed by atoms with Crippen molar-refractivity contribution in [2.24, 2.45) is 0 Å². The lowest BCUT2D eigenvalue weighted by molar-refractivity contribution is 0.411. The minimum Gasteiger partial charge on any atom is -0.496 e. The second kappa shape index (κ2) is 7.17. The van der Waals surface area contributed by atoms with E-state index in [0.717, 1.165) is 23.3 Å². The fraction of sp³-hybridized carbons (Fsp3) is 0.294. The summed E-state index contributed by atoms with van der Waals surface area (Å²) in [6.07, 6.45) is 0.737. The van der Waals surface area contributed by atoms with Crippen molar-refractivity contribution in [2.45, 2.75) is 19.4 Å². The van der Waals surface area contributed by atoms with Gasteiger partial charge in [-0.2, -0.15) is 0 Å². The third-order valence-electron chi connectivity index (χ3n) is 3.64. The fourth-order valence-electron chi connectivity index (χ4n) is 2.44. The number of ether oxygens (including phenoxy) is 1. The van der Waals surface area contributed by atoms with Crippen LogP contribution in [0.1, 0.15) is 22.7 Å². The van der Waals surface area contributed by atoms with Crippen LogP contribution >= 0.6 is 23.2 Å². The Hall–Kier alpha value is -1.22. The Morgan fingerprint density at radius 2 is 1.81 bits per heavy atom. The largest absolute Gasteiger partial charge is 0.496 e. The van der Waals surface area contributed by atoms with Crippen LogP contribution in [-0.2, 0) is 6.42 Å². The van der Waals surface area contributed by atoms with Crippen LogP contribution < -0.4 is 10.1 Å². The summed E-state index contributed by atoms with van der Waals surface area (Å²) in [7, 11) is 3.62. The lowest BCUT2D eigenvalue weighted by atomic mass is 9.97. The van der Waals surface area contributed by atoms with Crippen molar-refractivity contribution in [2.75, 3.05) is 14.2 Å². The molecule has 0 saturated heterocycles. The molecule has 0 aromatic heterocycles. The van der Waals surface area contributed by atoms with Gasteiger partial charge in [-0.25, -0.2) is 0 Å². The molecule has 0 radical (unpaired) electrons. The van der Waals surface area contributed by atoms with E-state index < -0.39 is 0 Å². The molecule has 0 bridgehead atoms. The molecule has 0 aliphatic carbocycles. The number of likely N-dealkylation sites (N-methyl/N-ethyl adjacent to an activating group) is 1. The highest BCUT2D eigenvalue weighted by Gasteiger charge is 2.15. The summed E-state index contributed by atoms with van der Waals surface area (Å²) in [4.78, 5) is 0. The molecule has 2 aromatic rings. The molecule has 0 heterocycles. The lowest BCUT2D eigenvalue weighted by Crippen LogP contribution is -2.19. The van der Waals surface area contributed by atoms with E-state index in [4.69, 9.17) is 27.9 Å². The summed E-state index contributed by atoms with van der Waals surface area (Å²) >= 11 is 12.5. The van der Waals surface area contributed by atoms with E-state index in [0.29, 0.717) is 10.0 Å². The smallest absolute Gasteiger partial charge is 0.121 e. The van der Waals surface area contributed by atoms with Crippen molar-refractivity contribution < 1.29 is 4.74 Å². The molecule has 1 atom stereocenters. The zero-order valence-electron chi connectivity index (χ0n) is 12.4. The second-order valence-corrected chi connectivity index (χ2v) is 5.79. The molecule has 1 unspecified atom stereocenters. The molecule has 0 fully saturated rings. The Balaban J connectivity index is 2.30. The molecule has 2 nitrogen and oxygen atoms in total. The molecule has 2 rings (SSSR count). The number of benzene rings is 2. The number of halogens is 2. The lowest BCUT2D eigenvalue weighted by Gasteiger charge is -2.19. The van der Waals surface area contributed by atoms with Crippen molar-refractivity contribution >= 4 is 23.2 Å². The minimum absolute atomic E-state index is 0.145. The Morgan fingerprint density at radius 3 is 2.33 bits per heavy atom. The fourth-order valence-corrected chi connectivity index (χ4v) is 2.99. The van der Waals surface area contributed by atoms with Crippen LogP contribution in [-0.4, -0.2) is 14.2 Å². The van der Waals surface area contributed by atoms with E-state index in [1.165, 1.54) is 5.56 Å². The standard InChI is InChI=1S/C17H19Cl2NO/c1-11-9-12(7-8-17(11)21-3)16(20-2)10-13-14(18)5-4-6-15(13)19/h4-9,16,20H,10H2,1-3H3. The van der Waals surface area contributed by atoms with Crippen molar-refractivity contribution in [3.63, 3.8) is 0 Å². The van der Waals surface area contributed by atoms with Crippen LogP contribution in [0.15, 0.2) is 36.4 Å². The summed E-state index contributed by atoms with van der Waals surface area (Å²) in [5.74, 6) is 0.893. The summed E-state index contributed by atoms with van der Waals surface area (Å²) in [6, 6.07) is 11.9. The van der Waals surface area contributed by atoms with Crippen LogP contribution in [0.2, 0.25) is 10.0 Å². The van der Waals surface area contributed by atoms with Gasteiger partial charge < -0.3 is 10.1 Å². The maximum absolute atomic E-state index is 6.26. The molecule has 112 valence electrons. The summed E-state index contributed by atoms with van der Waals surface area (Å²) in [5.41, 5.74) is 3.26. The van der Waals surface area contributed by atoms with Crippen LogP contribution in [0.5, 0.6) is 5.75 Å². The highest BCUT2D eigenvalue weighted by Crippen LogP contribution is 2.30. The van der Waals surface area contributed by atoms with Gasteiger partial charge in [0.05, 0.1) is 7.11 Å². The zero-order valence-corrected chi connectivity index (χ0v) is 13.9. The molecular weight excluding hydrogens is 305 g/mol. The van der Waals surface area contributed by atoms with Crippen molar-refractivity contribution in [1.29, 1.82) is 0 Å². The van der Waals surface area contributed by atoms with E-state index in [1.54, 1.807) is 7.11 Å². The molecule has 0 amide bonds. The molecule has 0 spiro atoms. The predicted molar refractivity (Wildman–Crippen MR) is 89.7 cm³/mol. The predicted octanol–water partition coefficient (Wildman–Crippen LogP) is 4.81. The van der Waals surface area contributed by atoms with Crippen LogP contribution in [0.4, 0.5) is 0 Å². The van der Waals surface area contributed by atoms with Gasteiger partial charge in [-0.1, -0.05) is 41.4 Å². The molecular formula is C17H19Cl2NO. The van der Waals surface area contributed by atoms with Gasteiger partial charge in [-0.15, -0.1) is 0 Å². The Labute approximate surface area is 136 Å². The monoisotopic (exact) mass is 323 g/mol. The Morgan fingerprint density at radius 1 is 1.14 bits per heavy atom. The maximum atomic E-state index is 6.26. The average molecular weight is 324 g/mol. The van der Waals surface area contributed by atoms with Gasteiger partial charge in [0.1, 0.15) is 5.75 Å². The third-order valence-corrected chi connectivity index (χ3v) is 4.35. The SMILES string of the molecule is CNC(Cc1c(Cl)cccc1Cl)c1ccc(OC)c(C)c1. The highest BCUT2D eigenvalue weighted by molar-refractivity contribution is 6.36. The third kappa shape index (κ3) is 3.70. The van der Waals surface area contributed by atoms with Gasteiger partial charge in [0, 0.05) is 16.1 Å². The number of nitrogens with one attached hydrogen (secondary N) is 1. The number of hydrogen-bond donors (Lipinski definition) is 1. The first-order valence-corrected chi connectivity index (χ1v) is 7.57. The van der Waals surface area contributed by atoms with Crippen molar-refractivity contribution in [3.05, 3.63) is 63.1 Å². The first kappa shape index (κ1) is 16.2. The van der Waals surface area contributed by atoms with E-state index in [1.807, 2.05) is 38.2 Å². The van der Waals surface area contributed by atoms with E-state index in [9.17, 15) is 0 Å². The van der Waals surface area contributed by atoms with E-state index >= 15 is 0 Å². The topological polar surface area (TPSA) is 21.3 Å². The normalized spacial score (nSPS) is 12.2. The molecule has 0 saturated carbocycles. The van der Waals surface area contributed by atoms with Gasteiger partial charge in [-0.3, -0.25) is 0 Å². The van der Waals surface area contributed by atoms with Crippen molar-refractivity contribution in [1.82, 2.24) is 5.32 Å². The second-order valence-electron chi connectivity index (χ2n) is 4.97. The van der Waals surface area contributed by atoms with Gasteiger partial charge in [0.15, 0.2) is 0 Å². The van der Waals surface area contributed by atoms with Gasteiger partial charge >= 0.3 is 0 Å². The van der Waals surface area contributed by atoms with Crippen LogP contribution in [0, 0.1) is 6.92 Å². The van der Waals surface area contributed by atoms with Crippen LogP contribution in [0.25, 0.3) is 0 Å². The molecule has 2 aromatic carbocycles. The number of hydrogen-bond acceptors (Lipinski definition) is 2. The van der Waals surface area contributed by atoms with Crippen molar-refractivity contribution in [3.8, 4) is 5.75 Å². The van der Waals surface area contributed by atoms with Gasteiger partial charge in [-0.05, 0) is 55.3 Å². The highest BCUT2D eigenvalue weighted by atomic mass is 35.5. The molecule has 0 aliphatic rings. The summed E-state index contributed by atoms with van der Waals surface area (Å²) in [5, 5.41) is 4.73. The van der Waals surface area contributed by atoms with E-state index in [-0.39, 0.29) is 6.04 Å². The molecule has 21 heavy (non-hydrogen) atoms. The van der Waals surface area contributed by atoms with Crippen LogP contribution in [0.3, 0.4) is 0 Å². The summed E-state index contributed by atoms with van der Waals surface area (Å²) < 4.78 is 5.31. The number of methoxy groups -OCH3 is 1. The first-order valence-electron chi connectivity index (χ1n) is 6.81. The van der Waals surface area contributed by atoms with E-state index in [2.05, 4.69) is 17.4 Å². The molecule has 4 heteroatoms. The Kier molecular flexibility index (Phi) is 5.51. The molecule has 0 aliphatic heterocycles. The van der Waals surface area contributed by atoms with Gasteiger partial charge in [0.2, 0.25) is 0 Å². The number of rotatable bonds is 5. The number of aryl methyl sites for hydroxylation is 1. The summed E-state index contributed by atoms with van der Waals surface area (Å²) in [6.45, 7) is 2.04. The quantitative estimate of drug-likeness (QED) is 0.852. The van der Waals surface area contributed by atoms with Gasteiger partial charge in [0.25, 0.3) is 0 Å². The first-order chi connectivity index (χ1) is 10.1. The average Bonchev–Trinajstić information content (AvgIpc) is 2.47. The Bertz CT molecular complexity index is 608. The maximum Gasteiger partial charge on any atom is 0.121 e.